The normalized spacial score (nSPS) is 18.5. The predicted octanol–water partition coefficient (Wildman–Crippen LogP) is 0.486. The van der Waals surface area contributed by atoms with Crippen molar-refractivity contribution >= 4 is 11.6 Å². The zero-order valence-electron chi connectivity index (χ0n) is 9.42. The van der Waals surface area contributed by atoms with Crippen LogP contribution in [0.5, 0.6) is 0 Å². The molecule has 2 heterocycles. The van der Waals surface area contributed by atoms with Crippen LogP contribution in [0.25, 0.3) is 5.65 Å². The van der Waals surface area contributed by atoms with Gasteiger partial charge in [-0.1, -0.05) is 6.92 Å². The summed E-state index contributed by atoms with van der Waals surface area (Å²) >= 11 is 0. The minimum Gasteiger partial charge on any atom is -0.481 e. The van der Waals surface area contributed by atoms with E-state index in [1.54, 1.807) is 4.52 Å². The van der Waals surface area contributed by atoms with E-state index in [9.17, 15) is 4.79 Å². The highest BCUT2D eigenvalue weighted by Gasteiger charge is 2.31. The van der Waals surface area contributed by atoms with Gasteiger partial charge in [-0.05, 0) is 6.42 Å². The van der Waals surface area contributed by atoms with Crippen molar-refractivity contribution < 1.29 is 9.90 Å². The van der Waals surface area contributed by atoms with Crippen LogP contribution in [0.1, 0.15) is 24.0 Å². The largest absolute Gasteiger partial charge is 0.481 e. The Kier molecular flexibility index (Phi) is 2.10. The van der Waals surface area contributed by atoms with Crippen molar-refractivity contribution in [2.24, 2.45) is 5.92 Å². The van der Waals surface area contributed by atoms with Crippen molar-refractivity contribution in [2.45, 2.75) is 26.2 Å². The third kappa shape index (κ3) is 1.48. The molecular formula is C11H12N4O2. The fourth-order valence-corrected chi connectivity index (χ4v) is 2.23. The molecule has 1 aliphatic rings. The Balaban J connectivity index is 2.12. The molecule has 2 aromatic rings. The van der Waals surface area contributed by atoms with Crippen LogP contribution in [0.4, 0.5) is 0 Å². The molecule has 88 valence electrons. The maximum atomic E-state index is 11.0. The van der Waals surface area contributed by atoms with E-state index in [1.807, 2.05) is 13.0 Å². The summed E-state index contributed by atoms with van der Waals surface area (Å²) < 4.78 is 1.74. The lowest BCUT2D eigenvalue weighted by Gasteiger charge is -2.00. The van der Waals surface area contributed by atoms with Crippen LogP contribution < -0.4 is 0 Å². The third-order valence-electron chi connectivity index (χ3n) is 3.19. The van der Waals surface area contributed by atoms with Crippen molar-refractivity contribution in [3.05, 3.63) is 23.1 Å². The lowest BCUT2D eigenvalue weighted by Crippen LogP contribution is -2.13. The Morgan fingerprint density at radius 1 is 1.53 bits per heavy atom. The molecule has 0 radical (unpaired) electrons. The van der Waals surface area contributed by atoms with Crippen molar-refractivity contribution in [3.63, 3.8) is 0 Å². The number of nitrogens with zero attached hydrogens (tertiary/aromatic N) is 4. The van der Waals surface area contributed by atoms with Crippen LogP contribution in [-0.4, -0.2) is 30.9 Å². The lowest BCUT2D eigenvalue weighted by atomic mass is 10.1. The number of rotatable bonds is 2. The Morgan fingerprint density at radius 2 is 2.35 bits per heavy atom. The summed E-state index contributed by atoms with van der Waals surface area (Å²) in [6, 6.07) is 1.89. The highest BCUT2D eigenvalue weighted by molar-refractivity contribution is 5.71. The molecule has 1 atom stereocenters. The summed E-state index contributed by atoms with van der Waals surface area (Å²) in [4.78, 5) is 11.0. The molecule has 3 rings (SSSR count). The molecule has 0 aromatic carbocycles. The van der Waals surface area contributed by atoms with Gasteiger partial charge in [0.2, 0.25) is 0 Å². The maximum Gasteiger partial charge on any atom is 0.307 e. The van der Waals surface area contributed by atoms with Gasteiger partial charge in [-0.2, -0.15) is 10.2 Å². The van der Waals surface area contributed by atoms with Crippen molar-refractivity contribution in [1.82, 2.24) is 19.8 Å². The Bertz CT molecular complexity index is 605. The quantitative estimate of drug-likeness (QED) is 0.814. The van der Waals surface area contributed by atoms with Gasteiger partial charge >= 0.3 is 5.97 Å². The SMILES string of the molecule is CCc1cc2nnc3c(n2n1)CC(C(=O)O)C3. The molecule has 0 saturated heterocycles. The molecule has 0 fully saturated rings. The average molecular weight is 232 g/mol. The van der Waals surface area contributed by atoms with E-state index in [-0.39, 0.29) is 5.92 Å². The second-order valence-electron chi connectivity index (χ2n) is 4.30. The first-order valence-corrected chi connectivity index (χ1v) is 5.65. The summed E-state index contributed by atoms with van der Waals surface area (Å²) in [5.74, 6) is -1.17. The minimum atomic E-state index is -0.779. The first-order valence-electron chi connectivity index (χ1n) is 5.65. The fraction of sp³-hybridized carbons (Fsp3) is 0.455. The predicted molar refractivity (Wildman–Crippen MR) is 58.7 cm³/mol. The van der Waals surface area contributed by atoms with E-state index < -0.39 is 5.97 Å². The van der Waals surface area contributed by atoms with Gasteiger partial charge < -0.3 is 5.11 Å². The van der Waals surface area contributed by atoms with Gasteiger partial charge in [-0.15, -0.1) is 5.10 Å². The van der Waals surface area contributed by atoms with Gasteiger partial charge in [0, 0.05) is 18.9 Å². The summed E-state index contributed by atoms with van der Waals surface area (Å²) in [5, 5.41) is 21.6. The minimum absolute atomic E-state index is 0.390. The molecule has 1 N–H and O–H groups in total. The average Bonchev–Trinajstić information content (AvgIpc) is 2.91. The van der Waals surface area contributed by atoms with Gasteiger partial charge in [0.25, 0.3) is 0 Å². The van der Waals surface area contributed by atoms with Crippen LogP contribution in [0.15, 0.2) is 6.07 Å². The summed E-state index contributed by atoms with van der Waals surface area (Å²) in [7, 11) is 0. The smallest absolute Gasteiger partial charge is 0.307 e. The number of fused-ring (bicyclic) bond motifs is 3. The van der Waals surface area contributed by atoms with E-state index in [4.69, 9.17) is 5.11 Å². The van der Waals surface area contributed by atoms with Gasteiger partial charge in [0.05, 0.1) is 23.0 Å². The molecule has 17 heavy (non-hydrogen) atoms. The number of carbonyl (C=O) groups is 1. The van der Waals surface area contributed by atoms with Crippen molar-refractivity contribution in [3.8, 4) is 0 Å². The van der Waals surface area contributed by atoms with E-state index in [2.05, 4.69) is 15.3 Å². The van der Waals surface area contributed by atoms with Crippen LogP contribution in [0.3, 0.4) is 0 Å². The van der Waals surface area contributed by atoms with Crippen LogP contribution in [0, 0.1) is 5.92 Å². The highest BCUT2D eigenvalue weighted by Crippen LogP contribution is 2.25. The number of carboxylic acids is 1. The Hall–Kier alpha value is -1.98. The van der Waals surface area contributed by atoms with Gasteiger partial charge in [-0.25, -0.2) is 4.52 Å². The first kappa shape index (κ1) is 10.2. The molecule has 0 saturated carbocycles. The molecule has 0 aliphatic heterocycles. The maximum absolute atomic E-state index is 11.0. The van der Waals surface area contributed by atoms with Crippen molar-refractivity contribution in [2.75, 3.05) is 0 Å². The number of carboxylic acid groups (broad SMARTS) is 1. The standard InChI is InChI=1S/C11H12N4O2/c1-2-7-5-10-13-12-8-3-6(11(16)17)4-9(8)15(10)14-7/h5-6H,2-4H2,1H3,(H,16,17). The molecule has 0 bridgehead atoms. The molecule has 0 amide bonds. The molecule has 6 heteroatoms. The molecular weight excluding hydrogens is 220 g/mol. The number of aromatic nitrogens is 4. The van der Waals surface area contributed by atoms with Crippen LogP contribution in [0.2, 0.25) is 0 Å². The molecule has 1 unspecified atom stereocenters. The summed E-state index contributed by atoms with van der Waals surface area (Å²) in [6.07, 6.45) is 1.77. The first-order chi connectivity index (χ1) is 8.19. The molecule has 6 nitrogen and oxygen atoms in total. The summed E-state index contributed by atoms with van der Waals surface area (Å²) in [5.41, 5.74) is 3.30. The number of hydrogen-bond donors (Lipinski definition) is 1. The van der Waals surface area contributed by atoms with Crippen molar-refractivity contribution in [1.29, 1.82) is 0 Å². The third-order valence-corrected chi connectivity index (χ3v) is 3.19. The second-order valence-corrected chi connectivity index (χ2v) is 4.30. The lowest BCUT2D eigenvalue weighted by molar-refractivity contribution is -0.141. The highest BCUT2D eigenvalue weighted by atomic mass is 16.4. The van der Waals surface area contributed by atoms with Gasteiger partial charge in [0.1, 0.15) is 0 Å². The molecule has 2 aromatic heterocycles. The zero-order chi connectivity index (χ0) is 12.0. The molecule has 0 spiro atoms. The van der Waals surface area contributed by atoms with Crippen LogP contribution >= 0.6 is 0 Å². The molecule has 1 aliphatic carbocycles. The van der Waals surface area contributed by atoms with E-state index >= 15 is 0 Å². The van der Waals surface area contributed by atoms with E-state index in [1.165, 1.54) is 0 Å². The van der Waals surface area contributed by atoms with E-state index in [0.717, 1.165) is 23.5 Å². The topological polar surface area (TPSA) is 80.4 Å². The summed E-state index contributed by atoms with van der Waals surface area (Å²) in [6.45, 7) is 2.02. The van der Waals surface area contributed by atoms with Crippen LogP contribution in [-0.2, 0) is 24.1 Å². The second kappa shape index (κ2) is 3.51. The van der Waals surface area contributed by atoms with Gasteiger partial charge in [-0.3, -0.25) is 4.79 Å². The zero-order valence-corrected chi connectivity index (χ0v) is 9.42. The number of aryl methyl sites for hydroxylation is 1. The number of aliphatic carboxylic acids is 1. The fourth-order valence-electron chi connectivity index (χ4n) is 2.23. The van der Waals surface area contributed by atoms with E-state index in [0.29, 0.717) is 18.5 Å². The number of hydrogen-bond acceptors (Lipinski definition) is 4. The Morgan fingerprint density at radius 3 is 3.06 bits per heavy atom. The van der Waals surface area contributed by atoms with Gasteiger partial charge in [0.15, 0.2) is 5.65 Å². The monoisotopic (exact) mass is 232 g/mol. The Labute approximate surface area is 97.3 Å².